The number of rotatable bonds is 6. The van der Waals surface area contributed by atoms with Crippen molar-refractivity contribution in [2.75, 3.05) is 0 Å². The number of hydrogen-bond acceptors (Lipinski definition) is 2. The van der Waals surface area contributed by atoms with Gasteiger partial charge in [-0.1, -0.05) is 50.2 Å². The van der Waals surface area contributed by atoms with Crippen molar-refractivity contribution in [1.29, 1.82) is 0 Å². The second-order valence-corrected chi connectivity index (χ2v) is 6.43. The molecule has 0 aliphatic heterocycles. The molecule has 6 heteroatoms. The van der Waals surface area contributed by atoms with E-state index in [4.69, 9.17) is 0 Å². The van der Waals surface area contributed by atoms with E-state index in [-0.39, 0.29) is 12.0 Å². The Labute approximate surface area is 151 Å². The van der Waals surface area contributed by atoms with Crippen LogP contribution in [-0.4, -0.2) is 17.9 Å². The quantitative estimate of drug-likeness (QED) is 0.827. The summed E-state index contributed by atoms with van der Waals surface area (Å²) in [5.74, 6) is -3.58. The fourth-order valence-electron chi connectivity index (χ4n) is 2.59. The number of amides is 2. The molecule has 2 rings (SSSR count). The van der Waals surface area contributed by atoms with Gasteiger partial charge in [-0.3, -0.25) is 9.59 Å². The molecular weight excluding hydrogens is 338 g/mol. The zero-order valence-corrected chi connectivity index (χ0v) is 14.9. The van der Waals surface area contributed by atoms with E-state index >= 15 is 0 Å². The van der Waals surface area contributed by atoms with Crippen molar-refractivity contribution < 1.29 is 18.4 Å². The summed E-state index contributed by atoms with van der Waals surface area (Å²) in [6, 6.07) is 11.3. The van der Waals surface area contributed by atoms with Crippen LogP contribution < -0.4 is 10.6 Å². The molecule has 0 saturated heterocycles. The lowest BCUT2D eigenvalue weighted by Gasteiger charge is -2.24. The molecule has 0 aromatic heterocycles. The van der Waals surface area contributed by atoms with E-state index in [1.807, 2.05) is 37.3 Å². The number of hydrogen-bond donors (Lipinski definition) is 2. The van der Waals surface area contributed by atoms with E-state index < -0.39 is 35.1 Å². The van der Waals surface area contributed by atoms with Crippen LogP contribution in [0.3, 0.4) is 0 Å². The highest BCUT2D eigenvalue weighted by molar-refractivity contribution is 5.98. The minimum absolute atomic E-state index is 0.267. The summed E-state index contributed by atoms with van der Waals surface area (Å²) >= 11 is 0. The van der Waals surface area contributed by atoms with Gasteiger partial charge in [0.05, 0.1) is 6.04 Å². The molecule has 2 aromatic rings. The maximum Gasteiger partial charge on any atom is 0.257 e. The van der Waals surface area contributed by atoms with Crippen LogP contribution in [0.15, 0.2) is 48.5 Å². The molecule has 2 atom stereocenters. The fourth-order valence-corrected chi connectivity index (χ4v) is 2.59. The van der Waals surface area contributed by atoms with E-state index in [1.165, 1.54) is 6.07 Å². The van der Waals surface area contributed by atoms with Gasteiger partial charge in [0.25, 0.3) is 5.91 Å². The predicted octanol–water partition coefficient (Wildman–Crippen LogP) is 3.60. The van der Waals surface area contributed by atoms with Crippen LogP contribution in [-0.2, 0) is 4.79 Å². The minimum Gasteiger partial charge on any atom is -0.348 e. The third-order valence-corrected chi connectivity index (χ3v) is 4.08. The van der Waals surface area contributed by atoms with Crippen LogP contribution >= 0.6 is 0 Å². The first-order valence-electron chi connectivity index (χ1n) is 8.41. The van der Waals surface area contributed by atoms with E-state index in [0.29, 0.717) is 0 Å². The van der Waals surface area contributed by atoms with E-state index in [1.54, 1.807) is 13.8 Å². The molecular formula is C20H22F2N2O2. The molecule has 2 aromatic carbocycles. The lowest BCUT2D eigenvalue weighted by atomic mass is 10.0. The largest absolute Gasteiger partial charge is 0.348 e. The maximum absolute atomic E-state index is 13.8. The van der Waals surface area contributed by atoms with E-state index in [9.17, 15) is 18.4 Å². The molecule has 2 unspecified atom stereocenters. The molecule has 0 heterocycles. The van der Waals surface area contributed by atoms with Gasteiger partial charge in [-0.05, 0) is 30.5 Å². The Morgan fingerprint density at radius 1 is 0.846 bits per heavy atom. The van der Waals surface area contributed by atoms with Gasteiger partial charge in [-0.25, -0.2) is 8.78 Å². The SMILES string of the molecule is CC(NC(=O)C(NC(=O)c1c(F)cccc1F)C(C)C)c1ccccc1. The lowest BCUT2D eigenvalue weighted by Crippen LogP contribution is -2.50. The number of carbonyl (C=O) groups excluding carboxylic acids is 2. The summed E-state index contributed by atoms with van der Waals surface area (Å²) in [5, 5.41) is 5.26. The third kappa shape index (κ3) is 4.65. The summed E-state index contributed by atoms with van der Waals surface area (Å²) in [4.78, 5) is 24.9. The number of benzene rings is 2. The van der Waals surface area contributed by atoms with Crippen molar-refractivity contribution >= 4 is 11.8 Å². The first-order valence-corrected chi connectivity index (χ1v) is 8.41. The Balaban J connectivity index is 2.13. The Morgan fingerprint density at radius 2 is 1.42 bits per heavy atom. The Kier molecular flexibility index (Phi) is 6.44. The minimum atomic E-state index is -0.969. The van der Waals surface area contributed by atoms with Gasteiger partial charge in [0.15, 0.2) is 0 Å². The number of halogens is 2. The van der Waals surface area contributed by atoms with Crippen molar-refractivity contribution in [3.05, 3.63) is 71.3 Å². The van der Waals surface area contributed by atoms with Crippen molar-refractivity contribution in [3.8, 4) is 0 Å². The summed E-state index contributed by atoms with van der Waals surface area (Å²) in [6.07, 6.45) is 0. The molecule has 0 radical (unpaired) electrons. The van der Waals surface area contributed by atoms with Crippen molar-refractivity contribution in [3.63, 3.8) is 0 Å². The highest BCUT2D eigenvalue weighted by Crippen LogP contribution is 2.15. The summed E-state index contributed by atoms with van der Waals surface area (Å²) in [5.41, 5.74) is 0.219. The van der Waals surface area contributed by atoms with Crippen LogP contribution in [0.1, 0.15) is 42.7 Å². The average molecular weight is 360 g/mol. The van der Waals surface area contributed by atoms with Crippen LogP contribution in [0.5, 0.6) is 0 Å². The highest BCUT2D eigenvalue weighted by atomic mass is 19.1. The van der Waals surface area contributed by atoms with E-state index in [2.05, 4.69) is 10.6 Å². The van der Waals surface area contributed by atoms with Crippen LogP contribution in [0, 0.1) is 17.6 Å². The summed E-state index contributed by atoms with van der Waals surface area (Å²) < 4.78 is 27.6. The molecule has 0 aliphatic rings. The van der Waals surface area contributed by atoms with Gasteiger partial charge in [0.1, 0.15) is 23.2 Å². The topological polar surface area (TPSA) is 58.2 Å². The average Bonchev–Trinajstić information content (AvgIpc) is 2.59. The molecule has 26 heavy (non-hydrogen) atoms. The van der Waals surface area contributed by atoms with Crippen molar-refractivity contribution in [2.45, 2.75) is 32.9 Å². The number of carbonyl (C=O) groups is 2. The van der Waals surface area contributed by atoms with Gasteiger partial charge >= 0.3 is 0 Å². The first kappa shape index (κ1) is 19.6. The van der Waals surface area contributed by atoms with Gasteiger partial charge in [0, 0.05) is 0 Å². The smallest absolute Gasteiger partial charge is 0.257 e. The molecule has 0 spiro atoms. The fraction of sp³-hybridized carbons (Fsp3) is 0.300. The van der Waals surface area contributed by atoms with Gasteiger partial charge in [-0.2, -0.15) is 0 Å². The lowest BCUT2D eigenvalue weighted by molar-refractivity contribution is -0.124. The standard InChI is InChI=1S/C20H22F2N2O2/c1-12(2)18(20(26)23-13(3)14-8-5-4-6-9-14)24-19(25)17-15(21)10-7-11-16(17)22/h4-13,18H,1-3H3,(H,23,26)(H,24,25). The second kappa shape index (κ2) is 8.56. The zero-order valence-electron chi connectivity index (χ0n) is 14.9. The normalized spacial score (nSPS) is 13.2. The van der Waals surface area contributed by atoms with Crippen LogP contribution in [0.4, 0.5) is 8.78 Å². The summed E-state index contributed by atoms with van der Waals surface area (Å²) in [7, 11) is 0. The molecule has 0 bridgehead atoms. The molecule has 138 valence electrons. The molecule has 0 fully saturated rings. The predicted molar refractivity (Wildman–Crippen MR) is 95.4 cm³/mol. The van der Waals surface area contributed by atoms with Gasteiger partial charge in [-0.15, -0.1) is 0 Å². The van der Waals surface area contributed by atoms with E-state index in [0.717, 1.165) is 17.7 Å². The third-order valence-electron chi connectivity index (χ3n) is 4.08. The highest BCUT2D eigenvalue weighted by Gasteiger charge is 2.28. The number of nitrogens with one attached hydrogen (secondary N) is 2. The van der Waals surface area contributed by atoms with Gasteiger partial charge < -0.3 is 10.6 Å². The van der Waals surface area contributed by atoms with Crippen molar-refractivity contribution in [2.24, 2.45) is 5.92 Å². The van der Waals surface area contributed by atoms with Crippen LogP contribution in [0.2, 0.25) is 0 Å². The monoisotopic (exact) mass is 360 g/mol. The first-order chi connectivity index (χ1) is 12.3. The zero-order chi connectivity index (χ0) is 19.3. The molecule has 0 aliphatic carbocycles. The molecule has 2 N–H and O–H groups in total. The Bertz CT molecular complexity index is 758. The van der Waals surface area contributed by atoms with Gasteiger partial charge in [0.2, 0.25) is 5.91 Å². The molecule has 2 amide bonds. The second-order valence-electron chi connectivity index (χ2n) is 6.43. The molecule has 4 nitrogen and oxygen atoms in total. The Hall–Kier alpha value is -2.76. The maximum atomic E-state index is 13.8. The summed E-state index contributed by atoms with van der Waals surface area (Å²) in [6.45, 7) is 5.31. The Morgan fingerprint density at radius 3 is 1.96 bits per heavy atom. The van der Waals surface area contributed by atoms with Crippen molar-refractivity contribution in [1.82, 2.24) is 10.6 Å². The molecule has 0 saturated carbocycles. The van der Waals surface area contributed by atoms with Crippen LogP contribution in [0.25, 0.3) is 0 Å².